The molecule has 0 unspecified atom stereocenters. The first-order valence-electron chi connectivity index (χ1n) is 7.87. The highest BCUT2D eigenvalue weighted by molar-refractivity contribution is 7.60. The van der Waals surface area contributed by atoms with Gasteiger partial charge in [-0.2, -0.15) is 0 Å². The van der Waals surface area contributed by atoms with Crippen LogP contribution in [0.4, 0.5) is 0 Å². The van der Waals surface area contributed by atoms with Crippen LogP contribution in [0.1, 0.15) is 19.5 Å². The van der Waals surface area contributed by atoms with Crippen LogP contribution in [0.2, 0.25) is 0 Å². The summed E-state index contributed by atoms with van der Waals surface area (Å²) >= 11 is 0. The molecule has 1 aliphatic rings. The molecule has 8 nitrogen and oxygen atoms in total. The van der Waals surface area contributed by atoms with Crippen LogP contribution in [0.25, 0.3) is 0 Å². The lowest BCUT2D eigenvalue weighted by Crippen LogP contribution is -2.28. The number of nitrogens with zero attached hydrogens (tertiary/aromatic N) is 2. The van der Waals surface area contributed by atoms with Crippen LogP contribution >= 0.6 is 7.60 Å². The van der Waals surface area contributed by atoms with Crippen LogP contribution in [0.15, 0.2) is 35.3 Å². The molecule has 0 atom stereocenters. The van der Waals surface area contributed by atoms with Gasteiger partial charge in [-0.25, -0.2) is 4.79 Å². The van der Waals surface area contributed by atoms with E-state index in [0.717, 1.165) is 0 Å². The van der Waals surface area contributed by atoms with E-state index in [1.54, 1.807) is 38.2 Å². The summed E-state index contributed by atoms with van der Waals surface area (Å²) in [5, 5.41) is -0.251. The molecule has 0 saturated heterocycles. The van der Waals surface area contributed by atoms with E-state index >= 15 is 0 Å². The van der Waals surface area contributed by atoms with Gasteiger partial charge in [-0.3, -0.25) is 14.3 Å². The minimum absolute atomic E-state index is 0.00587. The summed E-state index contributed by atoms with van der Waals surface area (Å²) in [5.74, 6) is -1.30. The molecule has 1 aromatic heterocycles. The molecule has 1 aromatic rings. The highest BCUT2D eigenvalue weighted by Gasteiger charge is 2.46. The van der Waals surface area contributed by atoms with E-state index in [0.29, 0.717) is 5.69 Å². The quantitative estimate of drug-likeness (QED) is 0.512. The fourth-order valence-electron chi connectivity index (χ4n) is 2.50. The number of hydrogen-bond acceptors (Lipinski definition) is 7. The molecule has 0 bridgehead atoms. The number of esters is 1. The van der Waals surface area contributed by atoms with E-state index in [9.17, 15) is 14.2 Å². The van der Waals surface area contributed by atoms with Gasteiger partial charge in [0.05, 0.1) is 44.7 Å². The third-order valence-corrected chi connectivity index (χ3v) is 5.71. The number of methoxy groups -OCH3 is 1. The predicted molar refractivity (Wildman–Crippen MR) is 89.6 cm³/mol. The van der Waals surface area contributed by atoms with Gasteiger partial charge in [-0.15, -0.1) is 0 Å². The highest BCUT2D eigenvalue weighted by atomic mass is 31.2. The van der Waals surface area contributed by atoms with Gasteiger partial charge in [-0.1, -0.05) is 6.07 Å². The molecule has 25 heavy (non-hydrogen) atoms. The molecule has 136 valence electrons. The van der Waals surface area contributed by atoms with Gasteiger partial charge in [0.25, 0.3) is 5.91 Å². The zero-order chi connectivity index (χ0) is 18.4. The zero-order valence-electron chi connectivity index (χ0n) is 14.4. The molecule has 0 aromatic carbocycles. The zero-order valence-corrected chi connectivity index (χ0v) is 15.3. The van der Waals surface area contributed by atoms with E-state index in [1.165, 1.54) is 12.0 Å². The summed E-state index contributed by atoms with van der Waals surface area (Å²) in [4.78, 5) is 30.5. The molecule has 0 spiro atoms. The number of ether oxygens (including phenoxy) is 1. The van der Waals surface area contributed by atoms with E-state index in [-0.39, 0.29) is 37.2 Å². The molecule has 9 heteroatoms. The van der Waals surface area contributed by atoms with Crippen molar-refractivity contribution in [3.8, 4) is 0 Å². The number of aromatic nitrogens is 1. The van der Waals surface area contributed by atoms with E-state index in [2.05, 4.69) is 4.98 Å². The molecular formula is C16H21N2O6P. The Hall–Kier alpha value is -2.02. The highest BCUT2D eigenvalue weighted by Crippen LogP contribution is 2.59. The Morgan fingerprint density at radius 2 is 1.96 bits per heavy atom. The Balaban J connectivity index is 2.39. The Bertz CT molecular complexity index is 709. The van der Waals surface area contributed by atoms with Crippen molar-refractivity contribution in [1.29, 1.82) is 0 Å². The number of pyridine rings is 1. The molecule has 2 heterocycles. The van der Waals surface area contributed by atoms with Crippen molar-refractivity contribution < 1.29 is 27.9 Å². The second kappa shape index (κ2) is 8.38. The SMILES string of the molecule is CCOP(=O)(OCC)C1=C(C(=O)OC)CN(Cc2ccccn2)C1=O. The second-order valence-corrected chi connectivity index (χ2v) is 7.09. The van der Waals surface area contributed by atoms with Crippen molar-refractivity contribution in [3.63, 3.8) is 0 Å². The maximum absolute atomic E-state index is 13.1. The first-order valence-corrected chi connectivity index (χ1v) is 9.41. The van der Waals surface area contributed by atoms with E-state index < -0.39 is 19.5 Å². The standard InChI is InChI=1S/C16H21N2O6P/c1-4-23-25(21,24-5-2)14-13(16(20)22-3)11-18(15(14)19)10-12-8-6-7-9-17-12/h6-9H,4-5,10-11H2,1-3H3. The normalized spacial score (nSPS) is 15.0. The number of amides is 1. The van der Waals surface area contributed by atoms with Gasteiger partial charge in [0.1, 0.15) is 5.31 Å². The lowest BCUT2D eigenvalue weighted by molar-refractivity contribution is -0.136. The van der Waals surface area contributed by atoms with Crippen LogP contribution in [0.3, 0.4) is 0 Å². The van der Waals surface area contributed by atoms with Crippen LogP contribution in [0.5, 0.6) is 0 Å². The third-order valence-electron chi connectivity index (χ3n) is 3.51. The molecule has 2 rings (SSSR count). The lowest BCUT2D eigenvalue weighted by atomic mass is 10.3. The van der Waals surface area contributed by atoms with Crippen LogP contribution in [0, 0.1) is 0 Å². The van der Waals surface area contributed by atoms with Crippen LogP contribution < -0.4 is 0 Å². The summed E-state index contributed by atoms with van der Waals surface area (Å²) in [7, 11) is -2.72. The van der Waals surface area contributed by atoms with Gasteiger partial charge in [0.2, 0.25) is 0 Å². The fourth-order valence-corrected chi connectivity index (χ4v) is 4.39. The van der Waals surface area contributed by atoms with Crippen molar-refractivity contribution in [3.05, 3.63) is 41.0 Å². The Labute approximate surface area is 146 Å². The van der Waals surface area contributed by atoms with Crippen molar-refractivity contribution >= 4 is 19.5 Å². The summed E-state index contributed by atoms with van der Waals surface area (Å²) < 4.78 is 28.3. The smallest absolute Gasteiger partial charge is 0.367 e. The third kappa shape index (κ3) is 4.15. The molecule has 1 amide bonds. The monoisotopic (exact) mass is 368 g/mol. The number of hydrogen-bond donors (Lipinski definition) is 0. The lowest BCUT2D eigenvalue weighted by Gasteiger charge is -2.20. The minimum Gasteiger partial charge on any atom is -0.466 e. The fraction of sp³-hybridized carbons (Fsp3) is 0.438. The van der Waals surface area contributed by atoms with Crippen molar-refractivity contribution in [2.75, 3.05) is 26.9 Å². The average Bonchev–Trinajstić information content (AvgIpc) is 2.93. The maximum Gasteiger partial charge on any atom is 0.367 e. The molecule has 0 aliphatic carbocycles. The van der Waals surface area contributed by atoms with Gasteiger partial charge in [-0.05, 0) is 26.0 Å². The van der Waals surface area contributed by atoms with Gasteiger partial charge >= 0.3 is 13.6 Å². The van der Waals surface area contributed by atoms with E-state index in [4.69, 9.17) is 13.8 Å². The molecular weight excluding hydrogens is 347 g/mol. The van der Waals surface area contributed by atoms with Gasteiger partial charge < -0.3 is 18.7 Å². The average molecular weight is 368 g/mol. The van der Waals surface area contributed by atoms with Crippen LogP contribution in [-0.2, 0) is 34.5 Å². The Morgan fingerprint density at radius 1 is 1.28 bits per heavy atom. The Kier molecular flexibility index (Phi) is 6.47. The van der Waals surface area contributed by atoms with Gasteiger partial charge in [0, 0.05) is 6.20 Å². The first-order chi connectivity index (χ1) is 12.0. The van der Waals surface area contributed by atoms with Gasteiger partial charge in [0.15, 0.2) is 0 Å². The maximum atomic E-state index is 13.1. The largest absolute Gasteiger partial charge is 0.466 e. The first kappa shape index (κ1) is 19.3. The number of carbonyl (C=O) groups excluding carboxylic acids is 2. The second-order valence-electron chi connectivity index (χ2n) is 5.13. The molecule has 0 saturated carbocycles. The molecule has 0 N–H and O–H groups in total. The summed E-state index contributed by atoms with van der Waals surface area (Å²) in [5.41, 5.74) is 0.637. The molecule has 1 aliphatic heterocycles. The summed E-state index contributed by atoms with van der Waals surface area (Å²) in [6.07, 6.45) is 1.61. The topological polar surface area (TPSA) is 95.0 Å². The van der Waals surface area contributed by atoms with E-state index in [1.807, 2.05) is 0 Å². The van der Waals surface area contributed by atoms with Crippen LogP contribution in [-0.4, -0.2) is 48.6 Å². The number of carbonyl (C=O) groups is 2. The molecule has 0 fully saturated rings. The molecule has 0 radical (unpaired) electrons. The number of rotatable bonds is 8. The minimum atomic E-state index is -3.92. The summed E-state index contributed by atoms with van der Waals surface area (Å²) in [6.45, 7) is 3.54. The van der Waals surface area contributed by atoms with Crippen molar-refractivity contribution in [2.24, 2.45) is 0 Å². The van der Waals surface area contributed by atoms with Crippen molar-refractivity contribution in [2.45, 2.75) is 20.4 Å². The predicted octanol–water partition coefficient (Wildman–Crippen LogP) is 2.12. The Morgan fingerprint density at radius 3 is 2.48 bits per heavy atom. The van der Waals surface area contributed by atoms with Crippen molar-refractivity contribution in [1.82, 2.24) is 9.88 Å². The summed E-state index contributed by atoms with van der Waals surface area (Å²) in [6, 6.07) is 5.31.